The Balaban J connectivity index is 1.15. The lowest BCUT2D eigenvalue weighted by Gasteiger charge is -2.19. The molecule has 1 aromatic heterocycles. The molecule has 0 saturated carbocycles. The molecule has 5 aromatic carbocycles. The SMILES string of the molecule is C1=CC2N=C(c3cccc(-c4ccc(-c5nc(-c6ccc7ccccc7c6)nc6ccccc56)cc4)c3)CN2C=C1. The van der Waals surface area contributed by atoms with E-state index in [4.69, 9.17) is 15.0 Å². The summed E-state index contributed by atoms with van der Waals surface area (Å²) >= 11 is 0. The Hall–Kier alpha value is -5.35. The highest BCUT2D eigenvalue weighted by Gasteiger charge is 2.23. The molecule has 2 aliphatic rings. The van der Waals surface area contributed by atoms with Crippen LogP contribution in [-0.4, -0.2) is 33.3 Å². The molecule has 2 aliphatic heterocycles. The largest absolute Gasteiger partial charge is 0.347 e. The molecular formula is C37H26N4. The van der Waals surface area contributed by atoms with Crippen molar-refractivity contribution in [3.05, 3.63) is 145 Å². The number of nitrogens with zero attached hydrogens (tertiary/aromatic N) is 4. The van der Waals surface area contributed by atoms with E-state index >= 15 is 0 Å². The van der Waals surface area contributed by atoms with Crippen LogP contribution < -0.4 is 0 Å². The molecule has 4 nitrogen and oxygen atoms in total. The molecule has 6 aromatic rings. The van der Waals surface area contributed by atoms with Gasteiger partial charge in [0.2, 0.25) is 0 Å². The second-order valence-electron chi connectivity index (χ2n) is 10.5. The van der Waals surface area contributed by atoms with Crippen LogP contribution in [0.5, 0.6) is 0 Å². The number of benzene rings is 5. The molecule has 0 fully saturated rings. The predicted octanol–water partition coefficient (Wildman–Crippen LogP) is 8.30. The van der Waals surface area contributed by atoms with Gasteiger partial charge in [0.25, 0.3) is 0 Å². The highest BCUT2D eigenvalue weighted by molar-refractivity contribution is 6.04. The number of para-hydroxylation sites is 1. The number of hydrogen-bond donors (Lipinski definition) is 0. The Kier molecular flexibility index (Phi) is 5.56. The van der Waals surface area contributed by atoms with Crippen molar-refractivity contribution in [1.29, 1.82) is 0 Å². The van der Waals surface area contributed by atoms with Gasteiger partial charge in [-0.3, -0.25) is 4.99 Å². The Morgan fingerprint density at radius 3 is 2.27 bits per heavy atom. The third-order valence-electron chi connectivity index (χ3n) is 7.93. The predicted molar refractivity (Wildman–Crippen MR) is 169 cm³/mol. The summed E-state index contributed by atoms with van der Waals surface area (Å²) in [5, 5.41) is 3.44. The molecule has 0 radical (unpaired) electrons. The van der Waals surface area contributed by atoms with Crippen LogP contribution in [0.4, 0.5) is 0 Å². The summed E-state index contributed by atoms with van der Waals surface area (Å²) in [6.07, 6.45) is 8.50. The zero-order chi connectivity index (χ0) is 27.2. The van der Waals surface area contributed by atoms with Crippen molar-refractivity contribution in [3.63, 3.8) is 0 Å². The molecular weight excluding hydrogens is 500 g/mol. The van der Waals surface area contributed by atoms with Crippen LogP contribution in [-0.2, 0) is 0 Å². The van der Waals surface area contributed by atoms with E-state index in [-0.39, 0.29) is 6.17 Å². The summed E-state index contributed by atoms with van der Waals surface area (Å²) < 4.78 is 0. The van der Waals surface area contributed by atoms with Crippen molar-refractivity contribution in [2.75, 3.05) is 6.54 Å². The van der Waals surface area contributed by atoms with Gasteiger partial charge in [-0.15, -0.1) is 0 Å². The van der Waals surface area contributed by atoms with Crippen molar-refractivity contribution in [3.8, 4) is 33.8 Å². The summed E-state index contributed by atoms with van der Waals surface area (Å²) in [6, 6.07) is 40.5. The highest BCUT2D eigenvalue weighted by Crippen LogP contribution is 2.32. The Labute approximate surface area is 238 Å². The van der Waals surface area contributed by atoms with Gasteiger partial charge in [0, 0.05) is 22.7 Å². The van der Waals surface area contributed by atoms with Gasteiger partial charge in [0.15, 0.2) is 5.82 Å². The monoisotopic (exact) mass is 526 g/mol. The van der Waals surface area contributed by atoms with E-state index in [1.54, 1.807) is 0 Å². The van der Waals surface area contributed by atoms with Crippen LogP contribution in [0.25, 0.3) is 55.4 Å². The topological polar surface area (TPSA) is 41.4 Å². The van der Waals surface area contributed by atoms with Gasteiger partial charge in [-0.1, -0.05) is 103 Å². The van der Waals surface area contributed by atoms with Crippen LogP contribution in [0.3, 0.4) is 0 Å². The fourth-order valence-electron chi connectivity index (χ4n) is 5.78. The maximum absolute atomic E-state index is 5.11. The Bertz CT molecular complexity index is 2040. The van der Waals surface area contributed by atoms with Crippen LogP contribution in [0.2, 0.25) is 0 Å². The first kappa shape index (κ1) is 23.5. The molecule has 0 N–H and O–H groups in total. The smallest absolute Gasteiger partial charge is 0.160 e. The number of rotatable bonds is 4. The summed E-state index contributed by atoms with van der Waals surface area (Å²) in [5.41, 5.74) is 8.61. The number of allylic oxidation sites excluding steroid dienone is 2. The standard InChI is InChI=1S/C37H26N4/c1-2-9-28-23-31(20-17-25(28)8-1)37-39-33-13-4-3-12-32(33)36(40-37)27-18-15-26(16-19-27)29-10-7-11-30(22-29)34-24-41-21-6-5-14-35(41)38-34/h1-23,35H,24H2. The van der Waals surface area contributed by atoms with E-state index in [1.165, 1.54) is 27.5 Å². The molecule has 1 unspecified atom stereocenters. The minimum Gasteiger partial charge on any atom is -0.347 e. The van der Waals surface area contributed by atoms with E-state index in [0.29, 0.717) is 0 Å². The lowest BCUT2D eigenvalue weighted by atomic mass is 9.98. The maximum atomic E-state index is 5.11. The first-order chi connectivity index (χ1) is 20.3. The zero-order valence-corrected chi connectivity index (χ0v) is 22.4. The van der Waals surface area contributed by atoms with Crippen molar-refractivity contribution in [1.82, 2.24) is 14.9 Å². The van der Waals surface area contributed by atoms with E-state index in [1.807, 2.05) is 6.07 Å². The van der Waals surface area contributed by atoms with Gasteiger partial charge in [0.1, 0.15) is 6.17 Å². The summed E-state index contributed by atoms with van der Waals surface area (Å²) in [4.78, 5) is 17.3. The molecule has 0 saturated heterocycles. The zero-order valence-electron chi connectivity index (χ0n) is 22.4. The number of aliphatic imine (C=N–C) groups is 1. The lowest BCUT2D eigenvalue weighted by Crippen LogP contribution is -2.25. The molecule has 41 heavy (non-hydrogen) atoms. The average Bonchev–Trinajstić information content (AvgIpc) is 3.49. The molecule has 4 heteroatoms. The van der Waals surface area contributed by atoms with Crippen molar-refractivity contribution in [2.24, 2.45) is 4.99 Å². The van der Waals surface area contributed by atoms with Crippen LogP contribution >= 0.6 is 0 Å². The summed E-state index contributed by atoms with van der Waals surface area (Å²) in [6.45, 7) is 0.828. The van der Waals surface area contributed by atoms with E-state index in [0.717, 1.165) is 45.8 Å². The van der Waals surface area contributed by atoms with Gasteiger partial charge < -0.3 is 4.90 Å². The van der Waals surface area contributed by atoms with Crippen molar-refractivity contribution < 1.29 is 0 Å². The Morgan fingerprint density at radius 1 is 0.585 bits per heavy atom. The molecule has 8 rings (SSSR count). The third kappa shape index (κ3) is 4.30. The fraction of sp³-hybridized carbons (Fsp3) is 0.0541. The van der Waals surface area contributed by atoms with E-state index in [9.17, 15) is 0 Å². The molecule has 0 aliphatic carbocycles. The van der Waals surface area contributed by atoms with Crippen LogP contribution in [0.1, 0.15) is 5.56 Å². The van der Waals surface area contributed by atoms with Gasteiger partial charge in [-0.05, 0) is 57.8 Å². The quantitative estimate of drug-likeness (QED) is 0.232. The third-order valence-corrected chi connectivity index (χ3v) is 7.93. The maximum Gasteiger partial charge on any atom is 0.160 e. The normalized spacial score (nSPS) is 15.9. The second-order valence-corrected chi connectivity index (χ2v) is 10.5. The molecule has 0 bridgehead atoms. The van der Waals surface area contributed by atoms with Crippen LogP contribution in [0, 0.1) is 0 Å². The van der Waals surface area contributed by atoms with Gasteiger partial charge in [0.05, 0.1) is 23.5 Å². The molecule has 0 amide bonds. The molecule has 3 heterocycles. The highest BCUT2D eigenvalue weighted by atomic mass is 15.3. The first-order valence-corrected chi connectivity index (χ1v) is 13.9. The van der Waals surface area contributed by atoms with Gasteiger partial charge in [-0.25, -0.2) is 9.97 Å². The van der Waals surface area contributed by atoms with Crippen LogP contribution in [0.15, 0.2) is 145 Å². The molecule has 194 valence electrons. The first-order valence-electron chi connectivity index (χ1n) is 13.9. The van der Waals surface area contributed by atoms with Crippen molar-refractivity contribution in [2.45, 2.75) is 6.17 Å². The minimum absolute atomic E-state index is 0.111. The molecule has 1 atom stereocenters. The minimum atomic E-state index is 0.111. The van der Waals surface area contributed by atoms with Gasteiger partial charge in [-0.2, -0.15) is 0 Å². The van der Waals surface area contributed by atoms with E-state index < -0.39 is 0 Å². The number of hydrogen-bond acceptors (Lipinski definition) is 4. The number of aromatic nitrogens is 2. The summed E-state index contributed by atoms with van der Waals surface area (Å²) in [5.74, 6) is 0.736. The fourth-order valence-corrected chi connectivity index (χ4v) is 5.78. The van der Waals surface area contributed by atoms with Crippen molar-refractivity contribution >= 4 is 27.4 Å². The average molecular weight is 527 g/mol. The Morgan fingerprint density at radius 2 is 1.37 bits per heavy atom. The van der Waals surface area contributed by atoms with E-state index in [2.05, 4.69) is 139 Å². The second kappa shape index (κ2) is 9.68. The summed E-state index contributed by atoms with van der Waals surface area (Å²) in [7, 11) is 0. The number of fused-ring (bicyclic) bond motifs is 3. The lowest BCUT2D eigenvalue weighted by molar-refractivity contribution is 0.393. The molecule has 0 spiro atoms. The van der Waals surface area contributed by atoms with Gasteiger partial charge >= 0.3 is 0 Å².